The van der Waals surface area contributed by atoms with Gasteiger partial charge in [-0.05, 0) is 38.5 Å². The van der Waals surface area contributed by atoms with Crippen molar-refractivity contribution < 1.29 is 14.7 Å². The zero-order valence-electron chi connectivity index (χ0n) is 10.8. The predicted octanol–water partition coefficient (Wildman–Crippen LogP) is 2.25. The lowest BCUT2D eigenvalue weighted by atomic mass is 10.1. The summed E-state index contributed by atoms with van der Waals surface area (Å²) in [6, 6.07) is 7.04. The number of ether oxygens (including phenoxy) is 1. The smallest absolute Gasteiger partial charge is 0.250 e. The molecule has 0 heterocycles. The zero-order valence-corrected chi connectivity index (χ0v) is 10.8. The molecule has 0 saturated heterocycles. The second kappa shape index (κ2) is 6.76. The van der Waals surface area contributed by atoms with E-state index in [1.165, 1.54) is 0 Å². The molecule has 0 aliphatic rings. The largest absolute Gasteiger partial charge is 0.411 e. The van der Waals surface area contributed by atoms with Crippen LogP contribution in [0.1, 0.15) is 26.3 Å². The molecule has 0 radical (unpaired) electrons. The molecule has 0 aliphatic carbocycles. The second-order valence-electron chi connectivity index (χ2n) is 4.17. The summed E-state index contributed by atoms with van der Waals surface area (Å²) in [4.78, 5) is 11.5. The lowest BCUT2D eigenvalue weighted by Gasteiger charge is -2.08. The molecular weight excluding hydrogens is 232 g/mol. The minimum absolute atomic E-state index is 0.0292. The van der Waals surface area contributed by atoms with Crippen LogP contribution in [0.5, 0.6) is 0 Å². The van der Waals surface area contributed by atoms with Gasteiger partial charge in [0, 0.05) is 5.69 Å². The van der Waals surface area contributed by atoms with Gasteiger partial charge in [-0.25, -0.2) is 0 Å². The third kappa shape index (κ3) is 4.55. The molecule has 18 heavy (non-hydrogen) atoms. The average molecular weight is 250 g/mol. The van der Waals surface area contributed by atoms with Crippen LogP contribution in [0.25, 0.3) is 0 Å². The Morgan fingerprint density at radius 1 is 1.39 bits per heavy atom. The molecule has 1 aromatic carbocycles. The first-order valence-corrected chi connectivity index (χ1v) is 5.73. The summed E-state index contributed by atoms with van der Waals surface area (Å²) in [5, 5.41) is 14.4. The maximum absolute atomic E-state index is 11.5. The van der Waals surface area contributed by atoms with E-state index in [2.05, 4.69) is 10.5 Å². The predicted molar refractivity (Wildman–Crippen MR) is 70.2 cm³/mol. The molecule has 0 unspecified atom stereocenters. The minimum Gasteiger partial charge on any atom is -0.411 e. The molecule has 0 atom stereocenters. The van der Waals surface area contributed by atoms with E-state index in [-0.39, 0.29) is 18.6 Å². The summed E-state index contributed by atoms with van der Waals surface area (Å²) in [6.07, 6.45) is 0.0292. The Balaban J connectivity index is 2.56. The average Bonchev–Trinajstić information content (AvgIpc) is 2.36. The normalized spacial score (nSPS) is 11.7. The van der Waals surface area contributed by atoms with E-state index in [0.29, 0.717) is 11.4 Å². The highest BCUT2D eigenvalue weighted by Gasteiger charge is 2.04. The first-order valence-electron chi connectivity index (χ1n) is 5.73. The number of rotatable bonds is 5. The van der Waals surface area contributed by atoms with E-state index >= 15 is 0 Å². The van der Waals surface area contributed by atoms with Crippen LogP contribution in [0.4, 0.5) is 5.69 Å². The molecule has 0 saturated carbocycles. The Hall–Kier alpha value is -1.88. The van der Waals surface area contributed by atoms with Gasteiger partial charge >= 0.3 is 0 Å². The molecule has 5 nitrogen and oxygen atoms in total. The molecular formula is C13H18N2O3. The van der Waals surface area contributed by atoms with Crippen LogP contribution in [0.2, 0.25) is 0 Å². The van der Waals surface area contributed by atoms with Gasteiger partial charge in [-0.3, -0.25) is 4.79 Å². The number of hydrogen-bond donors (Lipinski definition) is 2. The summed E-state index contributed by atoms with van der Waals surface area (Å²) in [5.74, 6) is -0.191. The van der Waals surface area contributed by atoms with E-state index in [0.717, 1.165) is 5.56 Å². The Labute approximate surface area is 106 Å². The van der Waals surface area contributed by atoms with Crippen molar-refractivity contribution in [3.05, 3.63) is 29.8 Å². The van der Waals surface area contributed by atoms with Crippen molar-refractivity contribution in [2.24, 2.45) is 5.16 Å². The number of amides is 1. The fourth-order valence-corrected chi connectivity index (χ4v) is 1.29. The number of nitrogens with zero attached hydrogens (tertiary/aromatic N) is 1. The van der Waals surface area contributed by atoms with Crippen molar-refractivity contribution in [1.82, 2.24) is 0 Å². The van der Waals surface area contributed by atoms with Crippen molar-refractivity contribution in [1.29, 1.82) is 0 Å². The zero-order chi connectivity index (χ0) is 13.5. The topological polar surface area (TPSA) is 70.9 Å². The first-order chi connectivity index (χ1) is 8.52. The van der Waals surface area contributed by atoms with Crippen LogP contribution in [0, 0.1) is 0 Å². The van der Waals surface area contributed by atoms with Gasteiger partial charge in [0.25, 0.3) is 0 Å². The van der Waals surface area contributed by atoms with E-state index in [9.17, 15) is 4.79 Å². The van der Waals surface area contributed by atoms with Crippen molar-refractivity contribution >= 4 is 17.3 Å². The molecule has 1 aromatic rings. The van der Waals surface area contributed by atoms with Gasteiger partial charge in [-0.2, -0.15) is 0 Å². The van der Waals surface area contributed by atoms with Gasteiger partial charge < -0.3 is 15.3 Å². The Morgan fingerprint density at radius 2 is 2.00 bits per heavy atom. The molecule has 0 spiro atoms. The molecule has 0 aliphatic heterocycles. The molecule has 1 rings (SSSR count). The van der Waals surface area contributed by atoms with Gasteiger partial charge in [0.05, 0.1) is 11.8 Å². The Bertz CT molecular complexity index is 424. The molecule has 0 bridgehead atoms. The third-order valence-electron chi connectivity index (χ3n) is 2.28. The van der Waals surface area contributed by atoms with Gasteiger partial charge in [-0.1, -0.05) is 17.3 Å². The van der Waals surface area contributed by atoms with E-state index < -0.39 is 0 Å². The highest BCUT2D eigenvalue weighted by Crippen LogP contribution is 2.10. The van der Waals surface area contributed by atoms with Crippen LogP contribution in [0.15, 0.2) is 29.4 Å². The maximum Gasteiger partial charge on any atom is 0.250 e. The third-order valence-corrected chi connectivity index (χ3v) is 2.28. The highest BCUT2D eigenvalue weighted by atomic mass is 16.5. The lowest BCUT2D eigenvalue weighted by molar-refractivity contribution is -0.121. The van der Waals surface area contributed by atoms with Crippen molar-refractivity contribution in [2.75, 3.05) is 11.9 Å². The minimum atomic E-state index is -0.191. The SMILES string of the molecule is C/C(=N\O)c1ccc(NC(=O)COC(C)C)cc1. The number of hydrogen-bond acceptors (Lipinski definition) is 4. The van der Waals surface area contributed by atoms with Crippen molar-refractivity contribution in [3.8, 4) is 0 Å². The maximum atomic E-state index is 11.5. The van der Waals surface area contributed by atoms with Crippen molar-refractivity contribution in [3.63, 3.8) is 0 Å². The van der Waals surface area contributed by atoms with Gasteiger partial charge in [0.2, 0.25) is 5.91 Å². The number of nitrogens with one attached hydrogen (secondary N) is 1. The summed E-state index contributed by atoms with van der Waals surface area (Å²) in [7, 11) is 0. The molecule has 1 amide bonds. The van der Waals surface area contributed by atoms with Crippen LogP contribution >= 0.6 is 0 Å². The second-order valence-corrected chi connectivity index (χ2v) is 4.17. The van der Waals surface area contributed by atoms with Gasteiger partial charge in [-0.15, -0.1) is 0 Å². The molecule has 5 heteroatoms. The molecule has 0 aromatic heterocycles. The first kappa shape index (κ1) is 14.2. The summed E-state index contributed by atoms with van der Waals surface area (Å²) in [6.45, 7) is 5.48. The number of carbonyl (C=O) groups excluding carboxylic acids is 1. The van der Waals surface area contributed by atoms with Gasteiger partial charge in [0.1, 0.15) is 6.61 Å². The van der Waals surface area contributed by atoms with E-state index in [1.54, 1.807) is 31.2 Å². The highest BCUT2D eigenvalue weighted by molar-refractivity contribution is 5.99. The van der Waals surface area contributed by atoms with Gasteiger partial charge in [0.15, 0.2) is 0 Å². The lowest BCUT2D eigenvalue weighted by Crippen LogP contribution is -2.20. The molecule has 2 N–H and O–H groups in total. The van der Waals surface area contributed by atoms with Crippen LogP contribution in [-0.4, -0.2) is 29.5 Å². The fourth-order valence-electron chi connectivity index (χ4n) is 1.29. The fraction of sp³-hybridized carbons (Fsp3) is 0.385. The summed E-state index contributed by atoms with van der Waals surface area (Å²) < 4.78 is 5.19. The van der Waals surface area contributed by atoms with Crippen LogP contribution in [-0.2, 0) is 9.53 Å². The number of anilines is 1. The van der Waals surface area contributed by atoms with E-state index in [4.69, 9.17) is 9.94 Å². The standard InChI is InChI=1S/C13H18N2O3/c1-9(2)18-8-13(16)14-12-6-4-11(5-7-12)10(3)15-17/h4-7,9,17H,8H2,1-3H3,(H,14,16)/b15-10+. The monoisotopic (exact) mass is 250 g/mol. The van der Waals surface area contributed by atoms with Crippen molar-refractivity contribution in [2.45, 2.75) is 26.9 Å². The Kier molecular flexibility index (Phi) is 5.32. The molecule has 0 fully saturated rings. The summed E-state index contributed by atoms with van der Waals surface area (Å²) >= 11 is 0. The van der Waals surface area contributed by atoms with Crippen LogP contribution < -0.4 is 5.32 Å². The Morgan fingerprint density at radius 3 is 2.50 bits per heavy atom. The van der Waals surface area contributed by atoms with E-state index in [1.807, 2.05) is 13.8 Å². The summed E-state index contributed by atoms with van der Waals surface area (Å²) in [5.41, 5.74) is 2.01. The number of benzene rings is 1. The van der Waals surface area contributed by atoms with Crippen LogP contribution in [0.3, 0.4) is 0 Å². The number of oxime groups is 1. The number of carbonyl (C=O) groups is 1. The molecule has 98 valence electrons. The quantitative estimate of drug-likeness (QED) is 0.478.